The van der Waals surface area contributed by atoms with E-state index in [0.29, 0.717) is 5.02 Å². The van der Waals surface area contributed by atoms with E-state index in [-0.39, 0.29) is 17.9 Å². The molecule has 0 unspecified atom stereocenters. The van der Waals surface area contributed by atoms with Crippen molar-refractivity contribution in [3.63, 3.8) is 0 Å². The van der Waals surface area contributed by atoms with Gasteiger partial charge < -0.3 is 15.2 Å². The molecule has 0 spiro atoms. The number of esters is 1. The molecule has 6 heteroatoms. The second-order valence-corrected chi connectivity index (χ2v) is 4.94. The van der Waals surface area contributed by atoms with Gasteiger partial charge in [-0.1, -0.05) is 35.9 Å². The summed E-state index contributed by atoms with van der Waals surface area (Å²) in [5.41, 5.74) is 0.859. The number of rotatable bonds is 5. The predicted octanol–water partition coefficient (Wildman–Crippen LogP) is 2.52. The molecule has 2 rings (SSSR count). The number of halogens is 1. The van der Waals surface area contributed by atoms with Gasteiger partial charge >= 0.3 is 5.97 Å². The molecule has 2 aromatic rings. The lowest BCUT2D eigenvalue weighted by molar-refractivity contribution is -0.124. The lowest BCUT2D eigenvalue weighted by Gasteiger charge is -2.07. The van der Waals surface area contributed by atoms with E-state index < -0.39 is 18.5 Å². The number of nitrogens with one attached hydrogen (secondary N) is 1. The fourth-order valence-corrected chi connectivity index (χ4v) is 1.97. The molecule has 0 saturated heterocycles. The highest BCUT2D eigenvalue weighted by Gasteiger charge is 2.13. The van der Waals surface area contributed by atoms with Gasteiger partial charge in [0.2, 0.25) is 0 Å². The lowest BCUT2D eigenvalue weighted by Crippen LogP contribution is -2.28. The summed E-state index contributed by atoms with van der Waals surface area (Å²) in [6.45, 7) is -0.138. The van der Waals surface area contributed by atoms with Gasteiger partial charge in [-0.3, -0.25) is 4.79 Å². The van der Waals surface area contributed by atoms with Gasteiger partial charge in [-0.25, -0.2) is 4.79 Å². The van der Waals surface area contributed by atoms with Crippen molar-refractivity contribution in [3.05, 3.63) is 64.7 Å². The predicted molar refractivity (Wildman–Crippen MR) is 81.7 cm³/mol. The van der Waals surface area contributed by atoms with E-state index in [4.69, 9.17) is 16.3 Å². The number of ether oxygens (including phenoxy) is 1. The Kier molecular flexibility index (Phi) is 5.38. The van der Waals surface area contributed by atoms with Gasteiger partial charge in [-0.05, 0) is 29.8 Å². The van der Waals surface area contributed by atoms with Gasteiger partial charge in [0.25, 0.3) is 5.91 Å². The number of carbonyl (C=O) groups excluding carboxylic acids is 2. The number of benzene rings is 2. The molecule has 0 atom stereocenters. The summed E-state index contributed by atoms with van der Waals surface area (Å²) in [6.07, 6.45) is 0. The van der Waals surface area contributed by atoms with Crippen LogP contribution in [0, 0.1) is 0 Å². The zero-order valence-corrected chi connectivity index (χ0v) is 12.3. The molecule has 114 valence electrons. The minimum Gasteiger partial charge on any atom is -0.507 e. The Hall–Kier alpha value is -2.53. The third-order valence-corrected chi connectivity index (χ3v) is 3.07. The number of hydrogen-bond acceptors (Lipinski definition) is 4. The molecule has 0 fully saturated rings. The smallest absolute Gasteiger partial charge is 0.342 e. The van der Waals surface area contributed by atoms with Crippen molar-refractivity contribution >= 4 is 23.5 Å². The number of hydrogen-bond donors (Lipinski definition) is 2. The number of amides is 1. The number of carbonyl (C=O) groups is 2. The first-order valence-corrected chi connectivity index (χ1v) is 6.90. The molecule has 0 aliphatic rings. The van der Waals surface area contributed by atoms with Crippen LogP contribution in [-0.4, -0.2) is 23.6 Å². The van der Waals surface area contributed by atoms with E-state index >= 15 is 0 Å². The number of para-hydroxylation sites is 1. The summed E-state index contributed by atoms with van der Waals surface area (Å²) < 4.78 is 4.85. The minimum atomic E-state index is -0.754. The zero-order chi connectivity index (χ0) is 15.9. The van der Waals surface area contributed by atoms with Crippen molar-refractivity contribution in [1.29, 1.82) is 0 Å². The number of aromatic hydroxyl groups is 1. The van der Waals surface area contributed by atoms with E-state index in [1.54, 1.807) is 30.3 Å². The highest BCUT2D eigenvalue weighted by molar-refractivity contribution is 6.30. The Bertz CT molecular complexity index is 687. The molecule has 0 aliphatic heterocycles. The Morgan fingerprint density at radius 1 is 1.14 bits per heavy atom. The van der Waals surface area contributed by atoms with Gasteiger partial charge in [0, 0.05) is 11.6 Å². The molecule has 0 heterocycles. The Balaban J connectivity index is 1.81. The van der Waals surface area contributed by atoms with Crippen LogP contribution in [0.3, 0.4) is 0 Å². The van der Waals surface area contributed by atoms with Gasteiger partial charge in [-0.2, -0.15) is 0 Å². The van der Waals surface area contributed by atoms with E-state index in [9.17, 15) is 14.7 Å². The third kappa shape index (κ3) is 4.49. The molecular formula is C16H14ClNO4. The second-order valence-electron chi connectivity index (χ2n) is 4.50. The van der Waals surface area contributed by atoms with Crippen molar-refractivity contribution in [2.75, 3.05) is 6.61 Å². The molecule has 0 bridgehead atoms. The molecule has 2 N–H and O–H groups in total. The molecule has 2 aromatic carbocycles. The molecular weight excluding hydrogens is 306 g/mol. The summed E-state index contributed by atoms with van der Waals surface area (Å²) in [7, 11) is 0. The van der Waals surface area contributed by atoms with Crippen LogP contribution in [0.15, 0.2) is 48.5 Å². The van der Waals surface area contributed by atoms with E-state index in [1.807, 2.05) is 6.07 Å². The molecule has 22 heavy (non-hydrogen) atoms. The number of phenolic OH excluding ortho intramolecular Hbond substituents is 1. The summed E-state index contributed by atoms with van der Waals surface area (Å²) >= 11 is 5.84. The molecule has 1 amide bonds. The Labute approximate surface area is 132 Å². The van der Waals surface area contributed by atoms with Crippen LogP contribution in [0.4, 0.5) is 0 Å². The van der Waals surface area contributed by atoms with Crippen LogP contribution in [0.2, 0.25) is 5.02 Å². The maximum Gasteiger partial charge on any atom is 0.342 e. The number of phenols is 1. The highest BCUT2D eigenvalue weighted by Crippen LogP contribution is 2.16. The van der Waals surface area contributed by atoms with Gasteiger partial charge in [0.1, 0.15) is 11.3 Å². The summed E-state index contributed by atoms with van der Waals surface area (Å²) in [5, 5.41) is 12.7. The van der Waals surface area contributed by atoms with Gasteiger partial charge in [-0.15, -0.1) is 0 Å². The molecule has 0 saturated carbocycles. The van der Waals surface area contributed by atoms with E-state index in [2.05, 4.69) is 5.32 Å². The summed E-state index contributed by atoms with van der Waals surface area (Å²) in [4.78, 5) is 23.3. The standard InChI is InChI=1S/C16H14ClNO4/c17-12-5-3-4-11(8-12)9-18-15(20)10-22-16(21)13-6-1-2-7-14(13)19/h1-8,19H,9-10H2,(H,18,20). The van der Waals surface area contributed by atoms with Crippen molar-refractivity contribution in [1.82, 2.24) is 5.32 Å². The molecule has 0 aromatic heterocycles. The monoisotopic (exact) mass is 319 g/mol. The molecule has 0 aliphatic carbocycles. The first kappa shape index (κ1) is 15.9. The van der Waals surface area contributed by atoms with Crippen LogP contribution < -0.4 is 5.32 Å². The Morgan fingerprint density at radius 2 is 1.91 bits per heavy atom. The van der Waals surface area contributed by atoms with Crippen LogP contribution in [0.5, 0.6) is 5.75 Å². The van der Waals surface area contributed by atoms with Gasteiger partial charge in [0.15, 0.2) is 6.61 Å². The van der Waals surface area contributed by atoms with Crippen molar-refractivity contribution in [2.45, 2.75) is 6.54 Å². The average Bonchev–Trinajstić information content (AvgIpc) is 2.51. The van der Waals surface area contributed by atoms with E-state index in [1.165, 1.54) is 12.1 Å². The molecule has 0 radical (unpaired) electrons. The maximum absolute atomic E-state index is 11.7. The first-order valence-electron chi connectivity index (χ1n) is 6.52. The largest absolute Gasteiger partial charge is 0.507 e. The highest BCUT2D eigenvalue weighted by atomic mass is 35.5. The summed E-state index contributed by atoms with van der Waals surface area (Å²) in [6, 6.07) is 13.0. The third-order valence-electron chi connectivity index (χ3n) is 2.84. The topological polar surface area (TPSA) is 75.6 Å². The first-order chi connectivity index (χ1) is 10.6. The SMILES string of the molecule is O=C(COC(=O)c1ccccc1O)NCc1cccc(Cl)c1. The van der Waals surface area contributed by atoms with Crippen LogP contribution in [0.1, 0.15) is 15.9 Å². The van der Waals surface area contributed by atoms with Crippen LogP contribution >= 0.6 is 11.6 Å². The fourth-order valence-electron chi connectivity index (χ4n) is 1.75. The normalized spacial score (nSPS) is 10.0. The maximum atomic E-state index is 11.7. The lowest BCUT2D eigenvalue weighted by atomic mass is 10.2. The quantitative estimate of drug-likeness (QED) is 0.830. The zero-order valence-electron chi connectivity index (χ0n) is 11.6. The van der Waals surface area contributed by atoms with Crippen molar-refractivity contribution < 1.29 is 19.4 Å². The Morgan fingerprint density at radius 3 is 2.64 bits per heavy atom. The van der Waals surface area contributed by atoms with Crippen molar-refractivity contribution in [3.8, 4) is 5.75 Å². The van der Waals surface area contributed by atoms with Crippen LogP contribution in [-0.2, 0) is 16.1 Å². The van der Waals surface area contributed by atoms with E-state index in [0.717, 1.165) is 5.56 Å². The molecule has 5 nitrogen and oxygen atoms in total. The van der Waals surface area contributed by atoms with Gasteiger partial charge in [0.05, 0.1) is 0 Å². The minimum absolute atomic E-state index is 0.0186. The fraction of sp³-hybridized carbons (Fsp3) is 0.125. The second kappa shape index (κ2) is 7.47. The van der Waals surface area contributed by atoms with Crippen LogP contribution in [0.25, 0.3) is 0 Å². The summed E-state index contributed by atoms with van der Waals surface area (Å²) in [5.74, 6) is -1.38. The van der Waals surface area contributed by atoms with Crippen molar-refractivity contribution in [2.24, 2.45) is 0 Å². The average molecular weight is 320 g/mol.